The molecule has 4 heterocycles. The molecule has 0 bridgehead atoms. The second-order valence-electron chi connectivity index (χ2n) is 8.42. The SMILES string of the molecule is Cc1cc2nc3n(c2cc1N1CC2(CCCCC2)c2cccnc21)C=CC3. The molecule has 3 aromatic rings. The second-order valence-corrected chi connectivity index (χ2v) is 8.42. The first-order valence-electron chi connectivity index (χ1n) is 10.2. The first-order valence-corrected chi connectivity index (χ1v) is 10.2. The van der Waals surface area contributed by atoms with Crippen LogP contribution in [-0.2, 0) is 11.8 Å². The highest BCUT2D eigenvalue weighted by Gasteiger charge is 2.44. The highest BCUT2D eigenvalue weighted by atomic mass is 15.2. The van der Waals surface area contributed by atoms with Crippen molar-refractivity contribution < 1.29 is 0 Å². The zero-order valence-electron chi connectivity index (χ0n) is 15.8. The third-order valence-corrected chi connectivity index (χ3v) is 6.81. The lowest BCUT2D eigenvalue weighted by molar-refractivity contribution is 0.314. The Bertz CT molecular complexity index is 1090. The van der Waals surface area contributed by atoms with Crippen LogP contribution in [0.2, 0.25) is 0 Å². The highest BCUT2D eigenvalue weighted by Crippen LogP contribution is 2.51. The number of hydrogen-bond acceptors (Lipinski definition) is 3. The van der Waals surface area contributed by atoms with Gasteiger partial charge in [-0.15, -0.1) is 0 Å². The number of aryl methyl sites for hydroxylation is 1. The molecule has 0 N–H and O–H groups in total. The van der Waals surface area contributed by atoms with Gasteiger partial charge in [-0.1, -0.05) is 31.4 Å². The molecule has 0 atom stereocenters. The zero-order chi connectivity index (χ0) is 18.0. The fourth-order valence-corrected chi connectivity index (χ4v) is 5.49. The summed E-state index contributed by atoms with van der Waals surface area (Å²) >= 11 is 0. The van der Waals surface area contributed by atoms with E-state index in [1.807, 2.05) is 6.20 Å². The first-order chi connectivity index (χ1) is 13.3. The van der Waals surface area contributed by atoms with E-state index in [0.717, 1.165) is 24.3 Å². The minimum absolute atomic E-state index is 0.280. The fourth-order valence-electron chi connectivity index (χ4n) is 5.49. The summed E-state index contributed by atoms with van der Waals surface area (Å²) in [5, 5.41) is 0. The van der Waals surface area contributed by atoms with Gasteiger partial charge in [0.05, 0.1) is 11.0 Å². The van der Waals surface area contributed by atoms with Gasteiger partial charge in [0.25, 0.3) is 0 Å². The van der Waals surface area contributed by atoms with E-state index < -0.39 is 0 Å². The Morgan fingerprint density at radius 3 is 2.89 bits per heavy atom. The van der Waals surface area contributed by atoms with Crippen LogP contribution in [0.1, 0.15) is 49.1 Å². The summed E-state index contributed by atoms with van der Waals surface area (Å²) in [5.74, 6) is 2.31. The molecule has 3 aliphatic rings. The molecule has 1 fully saturated rings. The van der Waals surface area contributed by atoms with Crippen LogP contribution in [0.5, 0.6) is 0 Å². The molecule has 136 valence electrons. The molecule has 0 unspecified atom stereocenters. The first kappa shape index (κ1) is 15.4. The normalized spacial score (nSPS) is 19.8. The van der Waals surface area contributed by atoms with Crippen molar-refractivity contribution in [2.24, 2.45) is 0 Å². The number of pyridine rings is 1. The van der Waals surface area contributed by atoms with Crippen molar-refractivity contribution in [1.29, 1.82) is 0 Å². The summed E-state index contributed by atoms with van der Waals surface area (Å²) in [5.41, 5.74) is 6.62. The van der Waals surface area contributed by atoms with E-state index in [2.05, 4.69) is 52.9 Å². The average molecular weight is 356 g/mol. The molecule has 4 nitrogen and oxygen atoms in total. The number of aromatic nitrogens is 3. The van der Waals surface area contributed by atoms with Gasteiger partial charge in [0.2, 0.25) is 0 Å². The number of imidazole rings is 1. The van der Waals surface area contributed by atoms with Crippen LogP contribution in [0, 0.1) is 6.92 Å². The maximum Gasteiger partial charge on any atom is 0.136 e. The minimum Gasteiger partial charge on any atom is -0.325 e. The van der Waals surface area contributed by atoms with Crippen molar-refractivity contribution >= 4 is 28.7 Å². The summed E-state index contributed by atoms with van der Waals surface area (Å²) in [4.78, 5) is 12.1. The van der Waals surface area contributed by atoms with Crippen molar-refractivity contribution in [3.8, 4) is 0 Å². The number of nitrogens with zero attached hydrogens (tertiary/aromatic N) is 4. The van der Waals surface area contributed by atoms with Crippen LogP contribution in [0.15, 0.2) is 36.5 Å². The van der Waals surface area contributed by atoms with Gasteiger partial charge < -0.3 is 9.47 Å². The quantitative estimate of drug-likeness (QED) is 0.607. The third kappa shape index (κ3) is 2.10. The van der Waals surface area contributed by atoms with Crippen molar-refractivity contribution in [3.05, 3.63) is 53.5 Å². The van der Waals surface area contributed by atoms with E-state index in [9.17, 15) is 0 Å². The van der Waals surface area contributed by atoms with Gasteiger partial charge in [-0.05, 0) is 43.5 Å². The average Bonchev–Trinajstić information content (AvgIpc) is 3.35. The number of allylic oxidation sites excluding steroid dienone is 1. The van der Waals surface area contributed by atoms with E-state index in [1.165, 1.54) is 60.3 Å². The molecule has 0 radical (unpaired) electrons. The van der Waals surface area contributed by atoms with Crippen molar-refractivity contribution in [2.45, 2.75) is 50.9 Å². The van der Waals surface area contributed by atoms with E-state index in [0.29, 0.717) is 0 Å². The Morgan fingerprint density at radius 1 is 1.11 bits per heavy atom. The minimum atomic E-state index is 0.280. The molecule has 0 saturated heterocycles. The lowest BCUT2D eigenvalue weighted by atomic mass is 9.71. The maximum atomic E-state index is 4.84. The number of benzene rings is 1. The smallest absolute Gasteiger partial charge is 0.136 e. The fraction of sp³-hybridized carbons (Fsp3) is 0.391. The standard InChI is InChI=1S/C23H24N4/c1-16-13-18-20(26-12-6-8-21(26)25-18)14-19(16)27-15-23(9-3-2-4-10-23)17-7-5-11-24-22(17)27/h5-7,11-14H,2-4,8-10,15H2,1H3. The Hall–Kier alpha value is -2.62. The maximum absolute atomic E-state index is 4.84. The van der Waals surface area contributed by atoms with Gasteiger partial charge in [0.1, 0.15) is 11.6 Å². The van der Waals surface area contributed by atoms with E-state index >= 15 is 0 Å². The van der Waals surface area contributed by atoms with Gasteiger partial charge in [-0.2, -0.15) is 0 Å². The Morgan fingerprint density at radius 2 is 2.00 bits per heavy atom. The van der Waals surface area contributed by atoms with Crippen LogP contribution < -0.4 is 4.90 Å². The van der Waals surface area contributed by atoms with Crippen LogP contribution in [-0.4, -0.2) is 21.1 Å². The molecule has 1 aliphatic carbocycles. The molecule has 1 saturated carbocycles. The number of rotatable bonds is 1. The van der Waals surface area contributed by atoms with Gasteiger partial charge >= 0.3 is 0 Å². The van der Waals surface area contributed by atoms with Crippen LogP contribution in [0.25, 0.3) is 17.2 Å². The molecule has 2 aromatic heterocycles. The van der Waals surface area contributed by atoms with Crippen LogP contribution in [0.3, 0.4) is 0 Å². The highest BCUT2D eigenvalue weighted by molar-refractivity contribution is 5.87. The van der Waals surface area contributed by atoms with Gasteiger partial charge in [0, 0.05) is 42.0 Å². The number of anilines is 2. The Labute approximate surface area is 159 Å². The van der Waals surface area contributed by atoms with E-state index in [-0.39, 0.29) is 5.41 Å². The zero-order valence-corrected chi connectivity index (χ0v) is 15.8. The monoisotopic (exact) mass is 356 g/mol. The van der Waals surface area contributed by atoms with Crippen molar-refractivity contribution in [3.63, 3.8) is 0 Å². The summed E-state index contributed by atoms with van der Waals surface area (Å²) in [7, 11) is 0. The topological polar surface area (TPSA) is 34.0 Å². The number of hydrogen-bond donors (Lipinski definition) is 0. The van der Waals surface area contributed by atoms with Gasteiger partial charge in [-0.3, -0.25) is 0 Å². The molecule has 6 rings (SSSR count). The predicted octanol–water partition coefficient (Wildman–Crippen LogP) is 5.12. The second kappa shape index (κ2) is 5.44. The van der Waals surface area contributed by atoms with E-state index in [4.69, 9.17) is 9.97 Å². The van der Waals surface area contributed by atoms with Gasteiger partial charge in [0.15, 0.2) is 0 Å². The van der Waals surface area contributed by atoms with Crippen LogP contribution in [0.4, 0.5) is 11.5 Å². The molecule has 1 aromatic carbocycles. The Balaban J connectivity index is 1.53. The lowest BCUT2D eigenvalue weighted by Crippen LogP contribution is -2.33. The van der Waals surface area contributed by atoms with E-state index in [1.54, 1.807) is 0 Å². The summed E-state index contributed by atoms with van der Waals surface area (Å²) in [6.45, 7) is 3.27. The molecular formula is C23H24N4. The molecule has 4 heteroatoms. The largest absolute Gasteiger partial charge is 0.325 e. The molecule has 2 aliphatic heterocycles. The predicted molar refractivity (Wildman–Crippen MR) is 110 cm³/mol. The summed E-state index contributed by atoms with van der Waals surface area (Å²) < 4.78 is 2.24. The number of fused-ring (bicyclic) bond motifs is 5. The van der Waals surface area contributed by atoms with Crippen molar-refractivity contribution in [2.75, 3.05) is 11.4 Å². The Kier molecular flexibility index (Phi) is 3.11. The molecule has 0 amide bonds. The molecular weight excluding hydrogens is 332 g/mol. The van der Waals surface area contributed by atoms with Gasteiger partial charge in [-0.25, -0.2) is 9.97 Å². The van der Waals surface area contributed by atoms with Crippen LogP contribution >= 0.6 is 0 Å². The third-order valence-electron chi connectivity index (χ3n) is 6.81. The summed E-state index contributed by atoms with van der Waals surface area (Å²) in [6, 6.07) is 9.01. The van der Waals surface area contributed by atoms with Crippen molar-refractivity contribution in [1.82, 2.24) is 14.5 Å². The lowest BCUT2D eigenvalue weighted by Gasteiger charge is -2.34. The molecule has 27 heavy (non-hydrogen) atoms. The summed E-state index contributed by atoms with van der Waals surface area (Å²) in [6.07, 6.45) is 13.8. The molecule has 1 spiro atoms.